The molecule has 0 aromatic heterocycles. The molecule has 3 rings (SSSR count). The Balaban J connectivity index is 1.58. The van der Waals surface area contributed by atoms with Crippen LogP contribution in [0.3, 0.4) is 0 Å². The van der Waals surface area contributed by atoms with Crippen molar-refractivity contribution in [3.63, 3.8) is 0 Å². The summed E-state index contributed by atoms with van der Waals surface area (Å²) in [6.45, 7) is 5.05. The average molecular weight is 410 g/mol. The predicted molar refractivity (Wildman–Crippen MR) is 119 cm³/mol. The standard InChI is InChI=1S/C24H31N3O3/c1-17(2)25-23(28)18-9-13-22(14-10-18)30-16-21-6-5-15-27(21)24(29)19-7-11-20(12-8-19)26(3)4/h7-14,17,21H,5-6,15-16H2,1-4H3,(H,25,28)/t21-/m1/s1. The molecule has 1 aliphatic heterocycles. The number of benzene rings is 2. The summed E-state index contributed by atoms with van der Waals surface area (Å²) in [5, 5.41) is 2.87. The van der Waals surface area contributed by atoms with E-state index in [0.717, 1.165) is 25.1 Å². The highest BCUT2D eigenvalue weighted by molar-refractivity contribution is 5.95. The van der Waals surface area contributed by atoms with Crippen LogP contribution in [0.2, 0.25) is 0 Å². The summed E-state index contributed by atoms with van der Waals surface area (Å²) in [4.78, 5) is 28.9. The summed E-state index contributed by atoms with van der Waals surface area (Å²) < 4.78 is 5.94. The van der Waals surface area contributed by atoms with Crippen molar-refractivity contribution in [3.8, 4) is 5.75 Å². The van der Waals surface area contributed by atoms with Gasteiger partial charge in [0, 0.05) is 43.5 Å². The highest BCUT2D eigenvalue weighted by Gasteiger charge is 2.30. The van der Waals surface area contributed by atoms with Crippen LogP contribution in [-0.4, -0.2) is 56.0 Å². The van der Waals surface area contributed by atoms with Crippen LogP contribution in [0.15, 0.2) is 48.5 Å². The normalized spacial score (nSPS) is 15.9. The molecule has 0 saturated carbocycles. The van der Waals surface area contributed by atoms with E-state index < -0.39 is 0 Å². The Morgan fingerprint density at radius 1 is 1.07 bits per heavy atom. The third-order valence-corrected chi connectivity index (χ3v) is 5.25. The van der Waals surface area contributed by atoms with Crippen LogP contribution in [0, 0.1) is 0 Å². The third kappa shape index (κ3) is 5.32. The van der Waals surface area contributed by atoms with E-state index >= 15 is 0 Å². The SMILES string of the molecule is CC(C)NC(=O)c1ccc(OC[C@H]2CCCN2C(=O)c2ccc(N(C)C)cc2)cc1. The zero-order valence-electron chi connectivity index (χ0n) is 18.2. The Morgan fingerprint density at radius 2 is 1.70 bits per heavy atom. The molecule has 30 heavy (non-hydrogen) atoms. The highest BCUT2D eigenvalue weighted by Crippen LogP contribution is 2.23. The van der Waals surface area contributed by atoms with E-state index in [1.54, 1.807) is 24.3 Å². The lowest BCUT2D eigenvalue weighted by Gasteiger charge is -2.25. The lowest BCUT2D eigenvalue weighted by Crippen LogP contribution is -2.39. The van der Waals surface area contributed by atoms with Gasteiger partial charge in [-0.05, 0) is 75.2 Å². The molecule has 0 unspecified atom stereocenters. The molecule has 0 spiro atoms. The van der Waals surface area contributed by atoms with E-state index in [9.17, 15) is 9.59 Å². The Hall–Kier alpha value is -3.02. The van der Waals surface area contributed by atoms with Crippen molar-refractivity contribution in [1.82, 2.24) is 10.2 Å². The van der Waals surface area contributed by atoms with Gasteiger partial charge in [0.2, 0.25) is 0 Å². The quantitative estimate of drug-likeness (QED) is 0.759. The van der Waals surface area contributed by atoms with Crippen LogP contribution in [0.25, 0.3) is 0 Å². The Bertz CT molecular complexity index is 860. The second-order valence-corrected chi connectivity index (χ2v) is 8.20. The maximum atomic E-state index is 13.0. The van der Waals surface area contributed by atoms with Crippen LogP contribution in [0.4, 0.5) is 5.69 Å². The van der Waals surface area contributed by atoms with Gasteiger partial charge in [0.25, 0.3) is 11.8 Å². The average Bonchev–Trinajstić information content (AvgIpc) is 3.20. The number of hydrogen-bond donors (Lipinski definition) is 1. The summed E-state index contributed by atoms with van der Waals surface area (Å²) in [7, 11) is 3.96. The van der Waals surface area contributed by atoms with Gasteiger partial charge >= 0.3 is 0 Å². The van der Waals surface area contributed by atoms with Gasteiger partial charge in [-0.15, -0.1) is 0 Å². The van der Waals surface area contributed by atoms with E-state index in [1.807, 2.05) is 62.0 Å². The van der Waals surface area contributed by atoms with E-state index in [2.05, 4.69) is 5.32 Å². The zero-order chi connectivity index (χ0) is 21.7. The molecule has 2 aromatic rings. The molecule has 1 aliphatic rings. The van der Waals surface area contributed by atoms with Gasteiger partial charge in [-0.3, -0.25) is 9.59 Å². The van der Waals surface area contributed by atoms with E-state index in [0.29, 0.717) is 23.5 Å². The first kappa shape index (κ1) is 21.7. The van der Waals surface area contributed by atoms with Crippen molar-refractivity contribution >= 4 is 17.5 Å². The Labute approximate surface area is 178 Å². The molecule has 1 heterocycles. The summed E-state index contributed by atoms with van der Waals surface area (Å²) in [6.07, 6.45) is 1.90. The monoisotopic (exact) mass is 409 g/mol. The third-order valence-electron chi connectivity index (χ3n) is 5.25. The van der Waals surface area contributed by atoms with Gasteiger partial charge in [0.05, 0.1) is 6.04 Å². The number of carbonyl (C=O) groups excluding carboxylic acids is 2. The fraction of sp³-hybridized carbons (Fsp3) is 0.417. The molecule has 6 nitrogen and oxygen atoms in total. The molecule has 0 bridgehead atoms. The molecule has 160 valence electrons. The second kappa shape index (κ2) is 9.65. The molecule has 2 amide bonds. The topological polar surface area (TPSA) is 61.9 Å². The second-order valence-electron chi connectivity index (χ2n) is 8.20. The van der Waals surface area contributed by atoms with Gasteiger partial charge in [-0.25, -0.2) is 0 Å². The first-order valence-corrected chi connectivity index (χ1v) is 10.5. The van der Waals surface area contributed by atoms with E-state index in [-0.39, 0.29) is 23.9 Å². The van der Waals surface area contributed by atoms with Gasteiger partial charge in [0.15, 0.2) is 0 Å². The first-order chi connectivity index (χ1) is 14.3. The number of nitrogens with one attached hydrogen (secondary N) is 1. The number of anilines is 1. The molecule has 6 heteroatoms. The van der Waals surface area contributed by atoms with Crippen LogP contribution >= 0.6 is 0 Å². The molecule has 1 N–H and O–H groups in total. The molecule has 1 fully saturated rings. The number of carbonyl (C=O) groups is 2. The summed E-state index contributed by atoms with van der Waals surface area (Å²) >= 11 is 0. The lowest BCUT2D eigenvalue weighted by molar-refractivity contribution is 0.0691. The van der Waals surface area contributed by atoms with Crippen LogP contribution in [-0.2, 0) is 0 Å². The number of ether oxygens (including phenoxy) is 1. The van der Waals surface area contributed by atoms with Crippen LogP contribution in [0.5, 0.6) is 5.75 Å². The molecule has 1 saturated heterocycles. The minimum Gasteiger partial charge on any atom is -0.491 e. The van der Waals surface area contributed by atoms with Gasteiger partial charge in [-0.2, -0.15) is 0 Å². The van der Waals surface area contributed by atoms with E-state index in [4.69, 9.17) is 4.74 Å². The minimum atomic E-state index is -0.0931. The van der Waals surface area contributed by atoms with Gasteiger partial charge in [-0.1, -0.05) is 0 Å². The fourth-order valence-electron chi connectivity index (χ4n) is 3.58. The molecular formula is C24H31N3O3. The predicted octanol–water partition coefficient (Wildman–Crippen LogP) is 3.57. The number of likely N-dealkylation sites (tertiary alicyclic amines) is 1. The zero-order valence-corrected chi connectivity index (χ0v) is 18.2. The largest absolute Gasteiger partial charge is 0.491 e. The van der Waals surface area contributed by atoms with Crippen molar-refractivity contribution in [1.29, 1.82) is 0 Å². The van der Waals surface area contributed by atoms with Gasteiger partial charge < -0.3 is 19.9 Å². The highest BCUT2D eigenvalue weighted by atomic mass is 16.5. The molecule has 0 aliphatic carbocycles. The molecule has 0 radical (unpaired) electrons. The van der Waals surface area contributed by atoms with Crippen LogP contribution in [0.1, 0.15) is 47.4 Å². The van der Waals surface area contributed by atoms with Crippen molar-refractivity contribution in [2.75, 3.05) is 32.1 Å². The van der Waals surface area contributed by atoms with E-state index in [1.165, 1.54) is 0 Å². The summed E-state index contributed by atoms with van der Waals surface area (Å²) in [5.41, 5.74) is 2.38. The van der Waals surface area contributed by atoms with Gasteiger partial charge in [0.1, 0.15) is 12.4 Å². The van der Waals surface area contributed by atoms with Crippen molar-refractivity contribution < 1.29 is 14.3 Å². The number of nitrogens with zero attached hydrogens (tertiary/aromatic N) is 2. The maximum absolute atomic E-state index is 13.0. The number of hydrogen-bond acceptors (Lipinski definition) is 4. The number of rotatable bonds is 7. The molecule has 2 aromatic carbocycles. The summed E-state index contributed by atoms with van der Waals surface area (Å²) in [5.74, 6) is 0.655. The number of amides is 2. The Morgan fingerprint density at radius 3 is 2.30 bits per heavy atom. The smallest absolute Gasteiger partial charge is 0.254 e. The van der Waals surface area contributed by atoms with Crippen molar-refractivity contribution in [2.24, 2.45) is 0 Å². The molecule has 1 atom stereocenters. The molecular weight excluding hydrogens is 378 g/mol. The maximum Gasteiger partial charge on any atom is 0.254 e. The van der Waals surface area contributed by atoms with Crippen LogP contribution < -0.4 is 15.0 Å². The van der Waals surface area contributed by atoms with Crippen molar-refractivity contribution in [2.45, 2.75) is 38.8 Å². The van der Waals surface area contributed by atoms with Crippen molar-refractivity contribution in [3.05, 3.63) is 59.7 Å². The first-order valence-electron chi connectivity index (χ1n) is 10.5. The Kier molecular flexibility index (Phi) is 6.98. The minimum absolute atomic E-state index is 0.0483. The lowest BCUT2D eigenvalue weighted by atomic mass is 10.1. The summed E-state index contributed by atoms with van der Waals surface area (Å²) in [6, 6.07) is 15.0. The fourth-order valence-corrected chi connectivity index (χ4v) is 3.58.